The molecule has 1 aromatic rings. The molecule has 0 radical (unpaired) electrons. The lowest BCUT2D eigenvalue weighted by atomic mass is 9.91. The van der Waals surface area contributed by atoms with Gasteiger partial charge in [-0.25, -0.2) is 0 Å². The van der Waals surface area contributed by atoms with Crippen LogP contribution in [0.5, 0.6) is 5.75 Å². The summed E-state index contributed by atoms with van der Waals surface area (Å²) in [5.41, 5.74) is 0.414. The average molecular weight is 581 g/mol. The van der Waals surface area contributed by atoms with Gasteiger partial charge in [0, 0.05) is 6.54 Å². The van der Waals surface area contributed by atoms with Crippen molar-refractivity contribution in [3.05, 3.63) is 41.7 Å². The highest BCUT2D eigenvalue weighted by Crippen LogP contribution is 2.63. The Morgan fingerprint density at radius 2 is 1.00 bits per heavy atom. The fraction of sp³-hybridized carbons (Fsp3) is 0.556. The van der Waals surface area contributed by atoms with Crippen molar-refractivity contribution in [2.24, 2.45) is 0 Å². The van der Waals surface area contributed by atoms with Crippen LogP contribution in [0.2, 0.25) is 0 Å². The van der Waals surface area contributed by atoms with Gasteiger partial charge in [-0.1, -0.05) is 12.1 Å². The molecule has 0 unspecified atom stereocenters. The highest BCUT2D eigenvalue weighted by molar-refractivity contribution is 5.29. The van der Waals surface area contributed by atoms with Gasteiger partial charge >= 0.3 is 47.7 Å². The molecule has 19 heteroatoms. The maximum Gasteiger partial charge on any atom is 0.460 e. The Hall–Kier alpha value is -2.47. The highest BCUT2D eigenvalue weighted by Gasteiger charge is 2.93. The average Bonchev–Trinajstić information content (AvgIpc) is 2.72. The summed E-state index contributed by atoms with van der Waals surface area (Å²) in [6.07, 6.45) is -7.78. The maximum absolute atomic E-state index is 13.7. The summed E-state index contributed by atoms with van der Waals surface area (Å²) in [7, 11) is 3.15. The van der Waals surface area contributed by atoms with E-state index in [2.05, 4.69) is 4.74 Å². The largest absolute Gasteiger partial charge is 0.460 e. The number of alkyl halides is 15. The van der Waals surface area contributed by atoms with E-state index in [4.69, 9.17) is 0 Å². The van der Waals surface area contributed by atoms with Crippen LogP contribution in [0.1, 0.15) is 5.56 Å². The number of ether oxygens (including phenoxy) is 1. The van der Waals surface area contributed by atoms with Crippen molar-refractivity contribution >= 4 is 0 Å². The third kappa shape index (κ3) is 5.27. The molecule has 2 nitrogen and oxygen atoms in total. The molecular formula is C18H12F17NO. The highest BCUT2D eigenvalue weighted by atomic mass is 19.4. The molecule has 0 spiro atoms. The summed E-state index contributed by atoms with van der Waals surface area (Å²) in [6, 6.07) is 0.0571. The molecule has 214 valence electrons. The van der Waals surface area contributed by atoms with Gasteiger partial charge in [-0.3, -0.25) is 0 Å². The maximum atomic E-state index is 13.7. The van der Waals surface area contributed by atoms with Crippen LogP contribution in [0.4, 0.5) is 74.6 Å². The van der Waals surface area contributed by atoms with E-state index in [0.717, 1.165) is 12.1 Å². The first-order valence-electron chi connectivity index (χ1n) is 9.01. The molecular weight excluding hydrogens is 569 g/mol. The van der Waals surface area contributed by atoms with E-state index in [-0.39, 0.29) is 6.54 Å². The van der Waals surface area contributed by atoms with E-state index >= 15 is 0 Å². The number of nitrogens with zero attached hydrogens (tertiary/aromatic N) is 1. The molecule has 0 saturated heterocycles. The van der Waals surface area contributed by atoms with E-state index in [0.29, 0.717) is 17.7 Å². The van der Waals surface area contributed by atoms with Crippen LogP contribution >= 0.6 is 0 Å². The molecule has 0 aliphatic carbocycles. The lowest BCUT2D eigenvalue weighted by Gasteiger charge is -2.41. The van der Waals surface area contributed by atoms with Crippen LogP contribution < -0.4 is 4.74 Å². The minimum atomic E-state index is -8.62. The fourth-order valence-electron chi connectivity index (χ4n) is 2.40. The quantitative estimate of drug-likeness (QED) is 0.209. The number of rotatable bonds is 10. The lowest BCUT2D eigenvalue weighted by Crippen LogP contribution is -2.72. The van der Waals surface area contributed by atoms with Crippen molar-refractivity contribution in [3.63, 3.8) is 0 Å². The Balaban J connectivity index is 3.48. The van der Waals surface area contributed by atoms with E-state index in [9.17, 15) is 74.6 Å². The zero-order valence-corrected chi connectivity index (χ0v) is 17.8. The van der Waals surface area contributed by atoms with E-state index in [1.807, 2.05) is 0 Å². The minimum Gasteiger partial charge on any atom is -0.430 e. The number of halogens is 17. The summed E-state index contributed by atoms with van der Waals surface area (Å²) in [5, 5.41) is 0. The fourth-order valence-corrected chi connectivity index (χ4v) is 2.40. The van der Waals surface area contributed by atoms with Crippen molar-refractivity contribution in [2.45, 2.75) is 48.3 Å². The Bertz CT molecular complexity index is 979. The van der Waals surface area contributed by atoms with E-state index in [1.54, 1.807) is 19.0 Å². The van der Waals surface area contributed by atoms with Crippen molar-refractivity contribution in [2.75, 3.05) is 14.1 Å². The van der Waals surface area contributed by atoms with Gasteiger partial charge in [-0.15, -0.1) is 0 Å². The Morgan fingerprint density at radius 3 is 1.38 bits per heavy atom. The molecule has 0 aliphatic heterocycles. The minimum absolute atomic E-state index is 0.207. The molecule has 0 aromatic heterocycles. The van der Waals surface area contributed by atoms with Crippen molar-refractivity contribution < 1.29 is 79.4 Å². The Kier molecular flexibility index (Phi) is 8.52. The number of benzene rings is 1. The molecule has 0 bridgehead atoms. The zero-order valence-electron chi connectivity index (χ0n) is 17.8. The molecule has 0 heterocycles. The first kappa shape index (κ1) is 32.6. The van der Waals surface area contributed by atoms with Gasteiger partial charge in [0.15, 0.2) is 0 Å². The first-order chi connectivity index (χ1) is 16.2. The predicted molar refractivity (Wildman–Crippen MR) is 89.4 cm³/mol. The smallest absolute Gasteiger partial charge is 0.430 e. The molecule has 0 atom stereocenters. The van der Waals surface area contributed by atoms with Crippen molar-refractivity contribution in [1.82, 2.24) is 4.90 Å². The molecule has 0 fully saturated rings. The van der Waals surface area contributed by atoms with Crippen molar-refractivity contribution in [3.8, 4) is 5.75 Å². The molecule has 37 heavy (non-hydrogen) atoms. The van der Waals surface area contributed by atoms with Gasteiger partial charge in [0.2, 0.25) is 5.83 Å². The summed E-state index contributed by atoms with van der Waals surface area (Å²) in [5.74, 6) is -55.0. The van der Waals surface area contributed by atoms with Crippen LogP contribution in [0, 0.1) is 0 Å². The van der Waals surface area contributed by atoms with Crippen LogP contribution in [0.15, 0.2) is 36.1 Å². The summed E-state index contributed by atoms with van der Waals surface area (Å²) in [4.78, 5) is 1.57. The van der Waals surface area contributed by atoms with Crippen LogP contribution in [-0.4, -0.2) is 60.7 Å². The van der Waals surface area contributed by atoms with Gasteiger partial charge in [0.25, 0.3) is 0 Å². The third-order valence-corrected chi connectivity index (χ3v) is 4.41. The topological polar surface area (TPSA) is 12.5 Å². The van der Waals surface area contributed by atoms with E-state index < -0.39 is 59.3 Å². The SMILES string of the molecule is CN(C)Cc1ccc(OC(F)=C(F)C(F)(F)C(F)(F)C(F)(F)C(F)(F)C(F)(F)C(F)(F)C(F)(F)F)cc1. The molecule has 0 N–H and O–H groups in total. The number of hydrogen-bond acceptors (Lipinski definition) is 2. The Labute approximate surface area is 195 Å². The molecule has 1 rings (SSSR count). The molecule has 1 aromatic carbocycles. The van der Waals surface area contributed by atoms with E-state index in [1.165, 1.54) is 0 Å². The molecule has 0 aliphatic rings. The van der Waals surface area contributed by atoms with Gasteiger partial charge < -0.3 is 9.64 Å². The second-order valence-corrected chi connectivity index (χ2v) is 7.52. The van der Waals surface area contributed by atoms with Crippen LogP contribution in [-0.2, 0) is 6.54 Å². The van der Waals surface area contributed by atoms with Gasteiger partial charge in [-0.2, -0.15) is 74.6 Å². The normalized spacial score (nSPS) is 15.7. The predicted octanol–water partition coefficient (Wildman–Crippen LogP) is 7.61. The Morgan fingerprint density at radius 1 is 0.622 bits per heavy atom. The zero-order chi connectivity index (χ0) is 29.6. The second kappa shape index (κ2) is 9.68. The first-order valence-corrected chi connectivity index (χ1v) is 9.01. The molecule has 0 saturated carbocycles. The van der Waals surface area contributed by atoms with Crippen LogP contribution in [0.25, 0.3) is 0 Å². The standard InChI is InChI=1S/C18H12F17NO/c1-36(2)7-8-3-5-9(6-4-8)37-11(20)10(19)12(21,22)13(23,24)14(25,26)15(27,28)16(29,30)17(31,32)18(33,34)35/h3-6H,7H2,1-2H3. The number of hydrogen-bond donors (Lipinski definition) is 0. The van der Waals surface area contributed by atoms with Gasteiger partial charge in [0.05, 0.1) is 0 Å². The second-order valence-electron chi connectivity index (χ2n) is 7.52. The number of allylic oxidation sites excluding steroid dienone is 1. The summed E-state index contributed by atoms with van der Waals surface area (Å²) < 4.78 is 228. The monoisotopic (exact) mass is 581 g/mol. The van der Waals surface area contributed by atoms with Crippen molar-refractivity contribution in [1.29, 1.82) is 0 Å². The summed E-state index contributed by atoms with van der Waals surface area (Å²) >= 11 is 0. The molecule has 0 amide bonds. The summed E-state index contributed by atoms with van der Waals surface area (Å²) in [6.45, 7) is 0.207. The lowest BCUT2D eigenvalue weighted by molar-refractivity contribution is -0.451. The third-order valence-electron chi connectivity index (χ3n) is 4.41. The van der Waals surface area contributed by atoms with Gasteiger partial charge in [0.1, 0.15) is 5.75 Å². The van der Waals surface area contributed by atoms with Crippen LogP contribution in [0.3, 0.4) is 0 Å². The van der Waals surface area contributed by atoms with Gasteiger partial charge in [-0.05, 0) is 31.8 Å².